The molecule has 6 heteroatoms. The summed E-state index contributed by atoms with van der Waals surface area (Å²) in [5.41, 5.74) is 0.629. The summed E-state index contributed by atoms with van der Waals surface area (Å²) >= 11 is 12.1. The van der Waals surface area contributed by atoms with Crippen molar-refractivity contribution in [3.05, 3.63) is 22.3 Å². The van der Waals surface area contributed by atoms with E-state index in [4.69, 9.17) is 23.2 Å². The maximum atomic E-state index is 9.68. The molecule has 0 aromatic carbocycles. The average molecular weight is 324 g/mol. The molecule has 0 amide bonds. The number of aromatic hydroxyl groups is 1. The van der Waals surface area contributed by atoms with E-state index in [0.29, 0.717) is 10.7 Å². The van der Waals surface area contributed by atoms with Gasteiger partial charge in [-0.2, -0.15) is 0 Å². The minimum atomic E-state index is -0.170. The lowest BCUT2D eigenvalue weighted by Gasteiger charge is -2.33. The van der Waals surface area contributed by atoms with E-state index in [1.807, 2.05) is 0 Å². The maximum Gasteiger partial charge on any atom is 0.230 e. The molecule has 1 N–H and O–H groups in total. The summed E-state index contributed by atoms with van der Waals surface area (Å²) in [5.74, 6) is 2.17. The van der Waals surface area contributed by atoms with Crippen LogP contribution in [0.5, 0.6) is 5.88 Å². The lowest BCUT2D eigenvalue weighted by molar-refractivity contribution is 0.420. The van der Waals surface area contributed by atoms with Gasteiger partial charge < -0.3 is 10.0 Å². The highest BCUT2D eigenvalue weighted by Crippen LogP contribution is 2.40. The van der Waals surface area contributed by atoms with Gasteiger partial charge in [0.25, 0.3) is 0 Å². The number of hydrogen-bond acceptors (Lipinski definition) is 4. The molecule has 0 spiro atoms. The Labute approximate surface area is 132 Å². The largest absolute Gasteiger partial charge is 0.492 e. The zero-order chi connectivity index (χ0) is 14.6. The summed E-state index contributed by atoms with van der Waals surface area (Å²) in [7, 11) is 0. The quantitative estimate of drug-likeness (QED) is 0.809. The van der Waals surface area contributed by atoms with Crippen LogP contribution < -0.4 is 4.90 Å². The van der Waals surface area contributed by atoms with Gasteiger partial charge in [-0.15, -0.1) is 0 Å². The normalized spacial score (nSPS) is 24.8. The van der Waals surface area contributed by atoms with Gasteiger partial charge in [0.2, 0.25) is 5.88 Å². The predicted octanol–water partition coefficient (Wildman–Crippen LogP) is 3.88. The van der Waals surface area contributed by atoms with E-state index in [1.165, 1.54) is 19.3 Å². The Hall–Kier alpha value is -1.26. The van der Waals surface area contributed by atoms with Crippen molar-refractivity contribution in [1.82, 2.24) is 9.97 Å². The second kappa shape index (κ2) is 4.89. The summed E-state index contributed by atoms with van der Waals surface area (Å²) in [5, 5.41) is 11.2. The molecule has 2 atom stereocenters. The van der Waals surface area contributed by atoms with Crippen LogP contribution in [-0.4, -0.2) is 28.2 Å². The predicted molar refractivity (Wildman–Crippen MR) is 84.3 cm³/mol. The van der Waals surface area contributed by atoms with Crippen LogP contribution in [0.1, 0.15) is 19.3 Å². The van der Waals surface area contributed by atoms with Crippen LogP contribution in [0.25, 0.3) is 10.9 Å². The molecule has 2 aliphatic rings. The molecule has 110 valence electrons. The van der Waals surface area contributed by atoms with Crippen molar-refractivity contribution >= 4 is 39.9 Å². The van der Waals surface area contributed by atoms with Crippen molar-refractivity contribution in [3.63, 3.8) is 0 Å². The Morgan fingerprint density at radius 3 is 2.52 bits per heavy atom. The fourth-order valence-electron chi connectivity index (χ4n) is 3.71. The Morgan fingerprint density at radius 2 is 1.81 bits per heavy atom. The molecule has 21 heavy (non-hydrogen) atoms. The lowest BCUT2D eigenvalue weighted by atomic mass is 9.98. The third kappa shape index (κ3) is 2.30. The highest BCUT2D eigenvalue weighted by molar-refractivity contribution is 6.33. The highest BCUT2D eigenvalue weighted by atomic mass is 35.5. The van der Waals surface area contributed by atoms with Gasteiger partial charge in [0.15, 0.2) is 0 Å². The number of piperidine rings is 1. The lowest BCUT2D eigenvalue weighted by Crippen LogP contribution is -2.37. The first-order valence-corrected chi connectivity index (χ1v) is 7.96. The smallest absolute Gasteiger partial charge is 0.230 e. The molecule has 4 nitrogen and oxygen atoms in total. The van der Waals surface area contributed by atoms with Crippen molar-refractivity contribution in [2.24, 2.45) is 11.8 Å². The van der Waals surface area contributed by atoms with Crippen LogP contribution in [0.4, 0.5) is 5.82 Å². The zero-order valence-electron chi connectivity index (χ0n) is 11.4. The number of anilines is 1. The molecule has 1 saturated heterocycles. The molecule has 3 heterocycles. The van der Waals surface area contributed by atoms with Crippen LogP contribution in [0.2, 0.25) is 10.2 Å². The number of aromatic nitrogens is 2. The van der Waals surface area contributed by atoms with Gasteiger partial charge in [-0.1, -0.05) is 23.2 Å². The average Bonchev–Trinajstić information content (AvgIpc) is 2.78. The second-order valence-electron chi connectivity index (χ2n) is 6.08. The van der Waals surface area contributed by atoms with E-state index < -0.39 is 0 Å². The van der Waals surface area contributed by atoms with Crippen molar-refractivity contribution in [3.8, 4) is 5.88 Å². The molecule has 1 aliphatic carbocycles. The number of pyridine rings is 2. The number of fused-ring (bicyclic) bond motifs is 3. The maximum absolute atomic E-state index is 9.68. The highest BCUT2D eigenvalue weighted by Gasteiger charge is 2.34. The topological polar surface area (TPSA) is 49.3 Å². The van der Waals surface area contributed by atoms with E-state index >= 15 is 0 Å². The van der Waals surface area contributed by atoms with Gasteiger partial charge in [-0.05, 0) is 37.2 Å². The Balaban J connectivity index is 1.85. The molecule has 1 aliphatic heterocycles. The van der Waals surface area contributed by atoms with Crippen LogP contribution >= 0.6 is 23.2 Å². The number of halogens is 2. The third-order valence-electron chi connectivity index (χ3n) is 4.60. The number of rotatable bonds is 1. The molecule has 2 fully saturated rings. The van der Waals surface area contributed by atoms with Crippen molar-refractivity contribution < 1.29 is 5.11 Å². The fraction of sp³-hybridized carbons (Fsp3) is 0.467. The van der Waals surface area contributed by atoms with Crippen LogP contribution in [0.15, 0.2) is 12.1 Å². The standard InChI is InChI=1S/C15H15Cl2N3O/c16-11-4-10-12(18-15(11)21)5-13(17)19-14(10)20-6-8-1-2-9(3-8)7-20/h4-5,8-9H,1-3,6-7H2,(H,18,21). The van der Waals surface area contributed by atoms with E-state index in [-0.39, 0.29) is 10.9 Å². The molecule has 2 unspecified atom stereocenters. The summed E-state index contributed by atoms with van der Waals surface area (Å²) in [6.07, 6.45) is 3.94. The first-order valence-electron chi connectivity index (χ1n) is 7.21. The third-order valence-corrected chi connectivity index (χ3v) is 5.07. The first-order chi connectivity index (χ1) is 10.1. The van der Waals surface area contributed by atoms with Crippen molar-refractivity contribution in [1.29, 1.82) is 0 Å². The minimum absolute atomic E-state index is 0.170. The van der Waals surface area contributed by atoms with Crippen LogP contribution in [-0.2, 0) is 0 Å². The summed E-state index contributed by atoms with van der Waals surface area (Å²) in [6, 6.07) is 3.39. The van der Waals surface area contributed by atoms with E-state index in [0.717, 1.165) is 36.1 Å². The van der Waals surface area contributed by atoms with E-state index in [1.54, 1.807) is 12.1 Å². The van der Waals surface area contributed by atoms with Gasteiger partial charge in [-0.25, -0.2) is 9.97 Å². The van der Waals surface area contributed by atoms with Crippen molar-refractivity contribution in [2.45, 2.75) is 19.3 Å². The summed E-state index contributed by atoms with van der Waals surface area (Å²) < 4.78 is 0. The SMILES string of the molecule is Oc1nc2cc(Cl)nc(N3CC4CCC(C4)C3)c2cc1Cl. The molecule has 0 radical (unpaired) electrons. The summed E-state index contributed by atoms with van der Waals surface area (Å²) in [6.45, 7) is 2.02. The Kier molecular flexibility index (Phi) is 3.12. The van der Waals surface area contributed by atoms with Crippen LogP contribution in [0, 0.1) is 11.8 Å². The van der Waals surface area contributed by atoms with Crippen molar-refractivity contribution in [2.75, 3.05) is 18.0 Å². The van der Waals surface area contributed by atoms with Gasteiger partial charge in [-0.3, -0.25) is 0 Å². The van der Waals surface area contributed by atoms with E-state index in [2.05, 4.69) is 14.9 Å². The molecule has 4 rings (SSSR count). The fourth-order valence-corrected chi connectivity index (χ4v) is 4.05. The monoisotopic (exact) mass is 323 g/mol. The zero-order valence-corrected chi connectivity index (χ0v) is 12.9. The molecule has 2 aromatic heterocycles. The van der Waals surface area contributed by atoms with Crippen LogP contribution in [0.3, 0.4) is 0 Å². The number of nitrogens with zero attached hydrogens (tertiary/aromatic N) is 3. The van der Waals surface area contributed by atoms with Gasteiger partial charge in [0.1, 0.15) is 16.0 Å². The van der Waals surface area contributed by atoms with Gasteiger partial charge in [0, 0.05) is 24.5 Å². The number of hydrogen-bond donors (Lipinski definition) is 1. The molecular formula is C15H15Cl2N3O. The minimum Gasteiger partial charge on any atom is -0.492 e. The molecule has 1 saturated carbocycles. The molecule has 2 aromatic rings. The van der Waals surface area contributed by atoms with Gasteiger partial charge >= 0.3 is 0 Å². The Morgan fingerprint density at radius 1 is 1.10 bits per heavy atom. The van der Waals surface area contributed by atoms with Gasteiger partial charge in [0.05, 0.1) is 5.52 Å². The Bertz CT molecular complexity index is 710. The first kappa shape index (κ1) is 13.4. The second-order valence-corrected chi connectivity index (χ2v) is 6.87. The summed E-state index contributed by atoms with van der Waals surface area (Å²) in [4.78, 5) is 10.9. The van der Waals surface area contributed by atoms with E-state index in [9.17, 15) is 5.11 Å². The molecule has 2 bridgehead atoms. The molecular weight excluding hydrogens is 309 g/mol.